The van der Waals surface area contributed by atoms with E-state index >= 15 is 0 Å². The molecule has 0 aliphatic carbocycles. The van der Waals surface area contributed by atoms with Gasteiger partial charge in [0.25, 0.3) is 5.91 Å². The van der Waals surface area contributed by atoms with E-state index < -0.39 is 0 Å². The molecule has 24 heavy (non-hydrogen) atoms. The first-order chi connectivity index (χ1) is 11.3. The molecule has 3 rings (SSSR count). The Labute approximate surface area is 142 Å². The molecule has 1 amide bonds. The van der Waals surface area contributed by atoms with Crippen LogP contribution in [0.25, 0.3) is 0 Å². The van der Waals surface area contributed by atoms with Crippen LogP contribution in [0.2, 0.25) is 0 Å². The standard InChI is InChI=1S/C17H24N6O/c1-17(2,3)16-18-6-5-14(20-16)22-7-9-23(10-8-22)15(24)13-11-19-21(4)12-13/h5-6,11-12H,7-10H2,1-4H3. The van der Waals surface area contributed by atoms with Crippen LogP contribution in [-0.4, -0.2) is 56.7 Å². The van der Waals surface area contributed by atoms with Gasteiger partial charge in [0.2, 0.25) is 0 Å². The molecule has 1 saturated heterocycles. The highest BCUT2D eigenvalue weighted by atomic mass is 16.2. The fourth-order valence-electron chi connectivity index (χ4n) is 2.74. The van der Waals surface area contributed by atoms with E-state index in [1.165, 1.54) is 0 Å². The summed E-state index contributed by atoms with van der Waals surface area (Å²) < 4.78 is 1.65. The van der Waals surface area contributed by atoms with Gasteiger partial charge in [-0.15, -0.1) is 0 Å². The number of amides is 1. The Morgan fingerprint density at radius 2 is 1.88 bits per heavy atom. The van der Waals surface area contributed by atoms with Crippen LogP contribution in [0.15, 0.2) is 24.7 Å². The molecule has 1 fully saturated rings. The van der Waals surface area contributed by atoms with Crippen LogP contribution in [0.1, 0.15) is 37.0 Å². The molecule has 3 heterocycles. The lowest BCUT2D eigenvalue weighted by molar-refractivity contribution is 0.0746. The van der Waals surface area contributed by atoms with Gasteiger partial charge in [-0.25, -0.2) is 9.97 Å². The highest BCUT2D eigenvalue weighted by Gasteiger charge is 2.25. The Balaban J connectivity index is 1.66. The second-order valence-corrected chi connectivity index (χ2v) is 7.17. The Hall–Kier alpha value is -2.44. The van der Waals surface area contributed by atoms with E-state index in [9.17, 15) is 4.79 Å². The number of hydrogen-bond acceptors (Lipinski definition) is 5. The van der Waals surface area contributed by atoms with Crippen molar-refractivity contribution in [3.8, 4) is 0 Å². The summed E-state index contributed by atoms with van der Waals surface area (Å²) in [5.41, 5.74) is 0.566. The van der Waals surface area contributed by atoms with Crippen LogP contribution < -0.4 is 4.90 Å². The van der Waals surface area contributed by atoms with E-state index in [0.29, 0.717) is 18.7 Å². The zero-order chi connectivity index (χ0) is 17.3. The SMILES string of the molecule is Cn1cc(C(=O)N2CCN(c3ccnc(C(C)(C)C)n3)CC2)cn1. The summed E-state index contributed by atoms with van der Waals surface area (Å²) in [5, 5.41) is 4.07. The smallest absolute Gasteiger partial charge is 0.257 e. The Bertz CT molecular complexity index is 725. The Morgan fingerprint density at radius 3 is 2.46 bits per heavy atom. The molecule has 0 spiro atoms. The van der Waals surface area contributed by atoms with Crippen molar-refractivity contribution >= 4 is 11.7 Å². The van der Waals surface area contributed by atoms with Gasteiger partial charge in [0.05, 0.1) is 11.8 Å². The fourth-order valence-corrected chi connectivity index (χ4v) is 2.74. The molecule has 0 aromatic carbocycles. The number of nitrogens with zero attached hydrogens (tertiary/aromatic N) is 6. The second-order valence-electron chi connectivity index (χ2n) is 7.17. The van der Waals surface area contributed by atoms with E-state index in [1.54, 1.807) is 17.1 Å². The number of carbonyl (C=O) groups is 1. The lowest BCUT2D eigenvalue weighted by atomic mass is 9.96. The minimum atomic E-state index is -0.0753. The van der Waals surface area contributed by atoms with Crippen LogP contribution in [0.5, 0.6) is 0 Å². The molecule has 128 valence electrons. The summed E-state index contributed by atoms with van der Waals surface area (Å²) in [5.74, 6) is 1.82. The molecule has 1 aliphatic heterocycles. The zero-order valence-electron chi connectivity index (χ0n) is 14.7. The lowest BCUT2D eigenvalue weighted by Gasteiger charge is -2.35. The minimum Gasteiger partial charge on any atom is -0.353 e. The molecule has 2 aromatic heterocycles. The van der Waals surface area contributed by atoms with Gasteiger partial charge in [0, 0.05) is 51.0 Å². The number of aryl methyl sites for hydroxylation is 1. The molecule has 1 aliphatic rings. The number of hydrogen-bond donors (Lipinski definition) is 0. The van der Waals surface area contributed by atoms with Crippen molar-refractivity contribution in [1.82, 2.24) is 24.6 Å². The molecule has 0 atom stereocenters. The lowest BCUT2D eigenvalue weighted by Crippen LogP contribution is -2.49. The topological polar surface area (TPSA) is 67.2 Å². The number of piperazine rings is 1. The number of anilines is 1. The van der Waals surface area contributed by atoms with Gasteiger partial charge in [0.1, 0.15) is 11.6 Å². The number of aromatic nitrogens is 4. The summed E-state index contributed by atoms with van der Waals surface area (Å²) in [6, 6.07) is 1.94. The molecule has 0 unspecified atom stereocenters. The molecule has 7 nitrogen and oxygen atoms in total. The van der Waals surface area contributed by atoms with Gasteiger partial charge in [-0.1, -0.05) is 20.8 Å². The third-order valence-electron chi connectivity index (χ3n) is 4.15. The molecule has 7 heteroatoms. The predicted octanol–water partition coefficient (Wildman–Crippen LogP) is 1.47. The highest BCUT2D eigenvalue weighted by molar-refractivity contribution is 5.93. The van der Waals surface area contributed by atoms with Crippen LogP contribution in [-0.2, 0) is 12.5 Å². The molecule has 0 radical (unpaired) electrons. The Morgan fingerprint density at radius 1 is 1.17 bits per heavy atom. The van der Waals surface area contributed by atoms with Gasteiger partial charge < -0.3 is 9.80 Å². The van der Waals surface area contributed by atoms with Crippen molar-refractivity contribution in [3.63, 3.8) is 0 Å². The largest absolute Gasteiger partial charge is 0.353 e. The molecule has 2 aromatic rings. The summed E-state index contributed by atoms with van der Waals surface area (Å²) in [6.07, 6.45) is 5.19. The average molecular weight is 328 g/mol. The first-order valence-electron chi connectivity index (χ1n) is 8.21. The van der Waals surface area contributed by atoms with E-state index in [0.717, 1.165) is 24.7 Å². The van der Waals surface area contributed by atoms with Gasteiger partial charge in [0.15, 0.2) is 0 Å². The molecular weight excluding hydrogens is 304 g/mol. The van der Waals surface area contributed by atoms with E-state index in [2.05, 4.69) is 35.8 Å². The van der Waals surface area contributed by atoms with Crippen molar-refractivity contribution < 1.29 is 4.79 Å². The number of rotatable bonds is 2. The van der Waals surface area contributed by atoms with E-state index in [4.69, 9.17) is 4.98 Å². The minimum absolute atomic E-state index is 0.0424. The fraction of sp³-hybridized carbons (Fsp3) is 0.529. The van der Waals surface area contributed by atoms with Crippen LogP contribution >= 0.6 is 0 Å². The summed E-state index contributed by atoms with van der Waals surface area (Å²) >= 11 is 0. The van der Waals surface area contributed by atoms with E-state index in [1.807, 2.05) is 24.2 Å². The molecule has 0 saturated carbocycles. The van der Waals surface area contributed by atoms with Crippen molar-refractivity contribution in [1.29, 1.82) is 0 Å². The Kier molecular flexibility index (Phi) is 4.26. The molecular formula is C17H24N6O. The predicted molar refractivity (Wildman–Crippen MR) is 92.1 cm³/mol. The van der Waals surface area contributed by atoms with E-state index in [-0.39, 0.29) is 11.3 Å². The monoisotopic (exact) mass is 328 g/mol. The van der Waals surface area contributed by atoms with Gasteiger partial charge in [-0.2, -0.15) is 5.10 Å². The third-order valence-corrected chi connectivity index (χ3v) is 4.15. The maximum atomic E-state index is 12.5. The van der Waals surface area contributed by atoms with Crippen molar-refractivity contribution in [2.45, 2.75) is 26.2 Å². The van der Waals surface area contributed by atoms with Crippen LogP contribution in [0.4, 0.5) is 5.82 Å². The molecule has 0 bridgehead atoms. The third kappa shape index (κ3) is 3.39. The highest BCUT2D eigenvalue weighted by Crippen LogP contribution is 2.21. The first-order valence-corrected chi connectivity index (χ1v) is 8.21. The van der Waals surface area contributed by atoms with Gasteiger partial charge in [-0.05, 0) is 6.07 Å². The van der Waals surface area contributed by atoms with Crippen molar-refractivity contribution in [3.05, 3.63) is 36.0 Å². The quantitative estimate of drug-likeness (QED) is 0.835. The number of carbonyl (C=O) groups excluding carboxylic acids is 1. The summed E-state index contributed by atoms with van der Waals surface area (Å²) in [4.78, 5) is 25.6. The van der Waals surface area contributed by atoms with Crippen LogP contribution in [0, 0.1) is 0 Å². The second kappa shape index (κ2) is 6.22. The maximum Gasteiger partial charge on any atom is 0.257 e. The molecule has 0 N–H and O–H groups in total. The zero-order valence-corrected chi connectivity index (χ0v) is 14.7. The first kappa shape index (κ1) is 16.4. The maximum absolute atomic E-state index is 12.5. The summed E-state index contributed by atoms with van der Waals surface area (Å²) in [7, 11) is 1.82. The van der Waals surface area contributed by atoms with Gasteiger partial charge in [-0.3, -0.25) is 9.48 Å². The normalized spacial score (nSPS) is 15.7. The van der Waals surface area contributed by atoms with Gasteiger partial charge >= 0.3 is 0 Å². The van der Waals surface area contributed by atoms with Crippen molar-refractivity contribution in [2.75, 3.05) is 31.1 Å². The summed E-state index contributed by atoms with van der Waals surface area (Å²) in [6.45, 7) is 9.23. The van der Waals surface area contributed by atoms with Crippen molar-refractivity contribution in [2.24, 2.45) is 7.05 Å². The van der Waals surface area contributed by atoms with Crippen LogP contribution in [0.3, 0.4) is 0 Å². The average Bonchev–Trinajstić information content (AvgIpc) is 3.00.